The molecule has 0 N–H and O–H groups in total. The minimum atomic E-state index is 1.28. The summed E-state index contributed by atoms with van der Waals surface area (Å²) < 4.78 is 0. The molecule has 0 fully saturated rings. The zero-order valence-corrected chi connectivity index (χ0v) is 18.9. The van der Waals surface area contributed by atoms with Gasteiger partial charge in [0.25, 0.3) is 0 Å². The molecule has 0 radical (unpaired) electrons. The average Bonchev–Trinajstić information content (AvgIpc) is 2.77. The van der Waals surface area contributed by atoms with E-state index < -0.39 is 0 Å². The number of benzene rings is 4. The number of rotatable bonds is 3. The van der Waals surface area contributed by atoms with Crippen LogP contribution in [0.25, 0.3) is 33.4 Å². The summed E-state index contributed by atoms with van der Waals surface area (Å²) in [5.74, 6) is 0. The van der Waals surface area contributed by atoms with E-state index in [1.54, 1.807) is 0 Å². The van der Waals surface area contributed by atoms with Crippen LogP contribution in [0.3, 0.4) is 0 Å². The van der Waals surface area contributed by atoms with Gasteiger partial charge in [0, 0.05) is 0 Å². The number of aryl methyl sites for hydroxylation is 2. The summed E-state index contributed by atoms with van der Waals surface area (Å²) in [4.78, 5) is 0. The first-order valence-electron chi connectivity index (χ1n) is 10.7. The molecule has 0 heteroatoms. The molecule has 0 saturated carbocycles. The third-order valence-corrected chi connectivity index (χ3v) is 6.63. The maximum Gasteiger partial charge on any atom is -0.0111 e. The van der Waals surface area contributed by atoms with Gasteiger partial charge in [-0.1, -0.05) is 72.8 Å². The van der Waals surface area contributed by atoms with Crippen molar-refractivity contribution in [3.05, 3.63) is 106 Å². The Labute approximate surface area is 181 Å². The summed E-state index contributed by atoms with van der Waals surface area (Å²) >= 11 is 0. The number of hydrogen-bond donors (Lipinski definition) is 0. The Kier molecular flexibility index (Phi) is 5.35. The summed E-state index contributed by atoms with van der Waals surface area (Å²) in [6, 6.07) is 26.2. The van der Waals surface area contributed by atoms with E-state index >= 15 is 0 Å². The summed E-state index contributed by atoms with van der Waals surface area (Å²) in [5, 5.41) is 0. The lowest BCUT2D eigenvalue weighted by atomic mass is 9.80. The van der Waals surface area contributed by atoms with Gasteiger partial charge in [0.2, 0.25) is 0 Å². The number of hydrogen-bond acceptors (Lipinski definition) is 0. The second-order valence-electron chi connectivity index (χ2n) is 8.46. The van der Waals surface area contributed by atoms with Gasteiger partial charge in [-0.25, -0.2) is 0 Å². The molecule has 4 aromatic carbocycles. The standard InChI is InChI=1S/C30H30/c1-19-17-27(25-13-9-7-10-14-25)23(5)29(21(19)3)30-22(4)20(2)18-28(24(30)6)26-15-11-8-12-16-26/h7-18H,1-6H3. The van der Waals surface area contributed by atoms with Crippen LogP contribution in [0, 0.1) is 41.5 Å². The molecule has 0 heterocycles. The van der Waals surface area contributed by atoms with Crippen LogP contribution in [0.15, 0.2) is 72.8 Å². The molecule has 0 saturated heterocycles. The minimum Gasteiger partial charge on any atom is -0.0622 e. The third kappa shape index (κ3) is 3.37. The van der Waals surface area contributed by atoms with Gasteiger partial charge in [0.05, 0.1) is 0 Å². The third-order valence-electron chi connectivity index (χ3n) is 6.63. The zero-order valence-electron chi connectivity index (χ0n) is 18.9. The molecule has 0 aliphatic heterocycles. The molecule has 0 aliphatic rings. The van der Waals surface area contributed by atoms with Crippen molar-refractivity contribution < 1.29 is 0 Å². The highest BCUT2D eigenvalue weighted by Gasteiger charge is 2.20. The Morgan fingerprint density at radius 3 is 1.07 bits per heavy atom. The van der Waals surface area contributed by atoms with Crippen molar-refractivity contribution in [2.24, 2.45) is 0 Å². The van der Waals surface area contributed by atoms with Crippen molar-refractivity contribution in [1.82, 2.24) is 0 Å². The van der Waals surface area contributed by atoms with Crippen molar-refractivity contribution in [3.63, 3.8) is 0 Å². The maximum absolute atomic E-state index is 2.35. The van der Waals surface area contributed by atoms with E-state index in [0.717, 1.165) is 0 Å². The monoisotopic (exact) mass is 390 g/mol. The lowest BCUT2D eigenvalue weighted by molar-refractivity contribution is 1.25. The Morgan fingerprint density at radius 1 is 0.400 bits per heavy atom. The van der Waals surface area contributed by atoms with E-state index in [9.17, 15) is 0 Å². The van der Waals surface area contributed by atoms with Crippen LogP contribution in [0.5, 0.6) is 0 Å². The van der Waals surface area contributed by atoms with Crippen LogP contribution in [0.2, 0.25) is 0 Å². The molecule has 0 aromatic heterocycles. The second-order valence-corrected chi connectivity index (χ2v) is 8.46. The Hall–Kier alpha value is -3.12. The summed E-state index contributed by atoms with van der Waals surface area (Å²) in [6.45, 7) is 13.6. The van der Waals surface area contributed by atoms with Crippen molar-refractivity contribution in [2.45, 2.75) is 41.5 Å². The van der Waals surface area contributed by atoms with E-state index in [2.05, 4.69) is 114 Å². The van der Waals surface area contributed by atoms with Gasteiger partial charge in [0.15, 0.2) is 0 Å². The van der Waals surface area contributed by atoms with Crippen molar-refractivity contribution >= 4 is 0 Å². The van der Waals surface area contributed by atoms with E-state index in [-0.39, 0.29) is 0 Å². The molecule has 0 unspecified atom stereocenters. The van der Waals surface area contributed by atoms with Gasteiger partial charge < -0.3 is 0 Å². The normalized spacial score (nSPS) is 11.0. The fraction of sp³-hybridized carbons (Fsp3) is 0.200. The van der Waals surface area contributed by atoms with Crippen LogP contribution in [0.4, 0.5) is 0 Å². The second kappa shape index (κ2) is 7.95. The molecule has 0 amide bonds. The lowest BCUT2D eigenvalue weighted by Crippen LogP contribution is -2.01. The Morgan fingerprint density at radius 2 is 0.733 bits per heavy atom. The predicted molar refractivity (Wildman–Crippen MR) is 131 cm³/mol. The van der Waals surface area contributed by atoms with E-state index in [4.69, 9.17) is 0 Å². The van der Waals surface area contributed by atoms with Gasteiger partial charge in [-0.3, -0.25) is 0 Å². The Balaban J connectivity index is 2.07. The van der Waals surface area contributed by atoms with Gasteiger partial charge in [-0.15, -0.1) is 0 Å². The van der Waals surface area contributed by atoms with E-state index in [0.29, 0.717) is 0 Å². The first-order valence-corrected chi connectivity index (χ1v) is 10.7. The molecule has 0 spiro atoms. The van der Waals surface area contributed by atoms with Crippen LogP contribution < -0.4 is 0 Å². The fourth-order valence-corrected chi connectivity index (χ4v) is 4.68. The summed E-state index contributed by atoms with van der Waals surface area (Å²) in [6.07, 6.45) is 0. The van der Waals surface area contributed by atoms with Gasteiger partial charge >= 0.3 is 0 Å². The molecule has 0 atom stereocenters. The van der Waals surface area contributed by atoms with Crippen molar-refractivity contribution in [1.29, 1.82) is 0 Å². The Bertz CT molecular complexity index is 1110. The van der Waals surface area contributed by atoms with Crippen LogP contribution >= 0.6 is 0 Å². The average molecular weight is 391 g/mol. The molecular formula is C30H30. The summed E-state index contributed by atoms with van der Waals surface area (Å²) in [5.41, 5.74) is 16.2. The highest BCUT2D eigenvalue weighted by molar-refractivity contribution is 5.88. The molecule has 30 heavy (non-hydrogen) atoms. The molecule has 150 valence electrons. The maximum atomic E-state index is 2.35. The topological polar surface area (TPSA) is 0 Å². The molecule has 4 aromatic rings. The molecule has 0 nitrogen and oxygen atoms in total. The van der Waals surface area contributed by atoms with Gasteiger partial charge in [-0.05, 0) is 108 Å². The SMILES string of the molecule is Cc1cc(-c2ccccc2)c(C)c(-c2c(C)c(C)cc(-c3ccccc3)c2C)c1C. The van der Waals surface area contributed by atoms with Crippen LogP contribution in [-0.2, 0) is 0 Å². The van der Waals surface area contributed by atoms with Crippen molar-refractivity contribution in [3.8, 4) is 33.4 Å². The largest absolute Gasteiger partial charge is 0.0622 e. The zero-order chi connectivity index (χ0) is 21.4. The highest BCUT2D eigenvalue weighted by atomic mass is 14.2. The van der Waals surface area contributed by atoms with Gasteiger partial charge in [-0.2, -0.15) is 0 Å². The first-order chi connectivity index (χ1) is 14.4. The van der Waals surface area contributed by atoms with Gasteiger partial charge in [0.1, 0.15) is 0 Å². The fourth-order valence-electron chi connectivity index (χ4n) is 4.68. The molecule has 4 rings (SSSR count). The first kappa shape index (κ1) is 20.2. The molecular weight excluding hydrogens is 360 g/mol. The quantitative estimate of drug-likeness (QED) is 0.329. The highest BCUT2D eigenvalue weighted by Crippen LogP contribution is 2.42. The lowest BCUT2D eigenvalue weighted by Gasteiger charge is -2.23. The van der Waals surface area contributed by atoms with Crippen molar-refractivity contribution in [2.75, 3.05) is 0 Å². The smallest absolute Gasteiger partial charge is 0.0111 e. The van der Waals surface area contributed by atoms with E-state index in [1.807, 2.05) is 0 Å². The van der Waals surface area contributed by atoms with Crippen LogP contribution in [0.1, 0.15) is 33.4 Å². The predicted octanol–water partition coefficient (Wildman–Crippen LogP) is 8.54. The summed E-state index contributed by atoms with van der Waals surface area (Å²) in [7, 11) is 0. The van der Waals surface area contributed by atoms with Crippen LogP contribution in [-0.4, -0.2) is 0 Å². The molecule has 0 aliphatic carbocycles. The molecule has 0 bridgehead atoms. The van der Waals surface area contributed by atoms with E-state index in [1.165, 1.54) is 66.8 Å². The minimum absolute atomic E-state index is 1.28.